The molecule has 0 aliphatic heterocycles. The van der Waals surface area contributed by atoms with Crippen molar-refractivity contribution >= 4 is 5.97 Å². The molecule has 158 valence electrons. The van der Waals surface area contributed by atoms with Crippen LogP contribution >= 0.6 is 0 Å². The summed E-state index contributed by atoms with van der Waals surface area (Å²) >= 11 is 0. The van der Waals surface area contributed by atoms with Crippen LogP contribution in [0.5, 0.6) is 5.75 Å². The SMILES string of the molecule is C=CCN(CC(=O)OCC)Cc1cccc(OCCc2nc(C(C)C)oc2C)c1. The van der Waals surface area contributed by atoms with Gasteiger partial charge >= 0.3 is 5.97 Å². The lowest BCUT2D eigenvalue weighted by Crippen LogP contribution is -2.30. The second kappa shape index (κ2) is 11.4. The number of aromatic nitrogens is 1. The minimum atomic E-state index is -0.231. The number of nitrogens with zero attached hydrogens (tertiary/aromatic N) is 2. The standard InChI is InChI=1S/C23H32N2O4/c1-6-12-25(16-22(26)27-7-2)15-19-9-8-10-20(14-19)28-13-11-21-18(5)29-23(24-21)17(3)4/h6,8-10,14,17H,1,7,11-13,15-16H2,2-5H3. The van der Waals surface area contributed by atoms with Gasteiger partial charge in [0.15, 0.2) is 5.89 Å². The normalized spacial score (nSPS) is 11.1. The predicted molar refractivity (Wildman–Crippen MR) is 113 cm³/mol. The third kappa shape index (κ3) is 7.38. The van der Waals surface area contributed by atoms with Crippen molar-refractivity contribution in [2.75, 3.05) is 26.3 Å². The molecule has 0 atom stereocenters. The highest BCUT2D eigenvalue weighted by Crippen LogP contribution is 2.19. The van der Waals surface area contributed by atoms with Gasteiger partial charge < -0.3 is 13.9 Å². The van der Waals surface area contributed by atoms with Crippen LogP contribution in [0.15, 0.2) is 41.3 Å². The number of carbonyl (C=O) groups excluding carboxylic acids is 1. The van der Waals surface area contributed by atoms with E-state index in [1.54, 1.807) is 13.0 Å². The van der Waals surface area contributed by atoms with Gasteiger partial charge in [-0.25, -0.2) is 4.98 Å². The second-order valence-corrected chi connectivity index (χ2v) is 7.22. The van der Waals surface area contributed by atoms with Crippen molar-refractivity contribution in [2.24, 2.45) is 0 Å². The third-order valence-corrected chi connectivity index (χ3v) is 4.36. The molecular formula is C23H32N2O4. The van der Waals surface area contributed by atoms with E-state index in [1.165, 1.54) is 0 Å². The molecule has 0 fully saturated rings. The highest BCUT2D eigenvalue weighted by Gasteiger charge is 2.13. The Morgan fingerprint density at radius 1 is 1.38 bits per heavy atom. The first-order valence-corrected chi connectivity index (χ1v) is 10.1. The quantitative estimate of drug-likeness (QED) is 0.391. The Morgan fingerprint density at radius 3 is 2.83 bits per heavy atom. The van der Waals surface area contributed by atoms with E-state index < -0.39 is 0 Å². The minimum absolute atomic E-state index is 0.231. The van der Waals surface area contributed by atoms with E-state index in [1.807, 2.05) is 36.1 Å². The summed E-state index contributed by atoms with van der Waals surface area (Å²) in [5.74, 6) is 2.45. The van der Waals surface area contributed by atoms with E-state index in [4.69, 9.17) is 13.9 Å². The van der Waals surface area contributed by atoms with Gasteiger partial charge in [-0.15, -0.1) is 6.58 Å². The number of rotatable bonds is 12. The number of carbonyl (C=O) groups is 1. The van der Waals surface area contributed by atoms with Crippen LogP contribution in [-0.2, 0) is 22.5 Å². The van der Waals surface area contributed by atoms with Crippen molar-refractivity contribution < 1.29 is 18.7 Å². The summed E-state index contributed by atoms with van der Waals surface area (Å²) in [6, 6.07) is 7.91. The van der Waals surface area contributed by atoms with Crippen LogP contribution in [0.4, 0.5) is 0 Å². The van der Waals surface area contributed by atoms with Crippen molar-refractivity contribution in [2.45, 2.75) is 46.6 Å². The molecule has 29 heavy (non-hydrogen) atoms. The van der Waals surface area contributed by atoms with Crippen LogP contribution in [0, 0.1) is 6.92 Å². The maximum absolute atomic E-state index is 11.8. The molecular weight excluding hydrogens is 368 g/mol. The van der Waals surface area contributed by atoms with Crippen molar-refractivity contribution in [3.05, 3.63) is 59.8 Å². The van der Waals surface area contributed by atoms with Crippen molar-refractivity contribution in [1.29, 1.82) is 0 Å². The summed E-state index contributed by atoms with van der Waals surface area (Å²) in [7, 11) is 0. The molecule has 6 heteroatoms. The zero-order valence-electron chi connectivity index (χ0n) is 17.9. The molecule has 1 heterocycles. The number of hydrogen-bond donors (Lipinski definition) is 0. The fourth-order valence-electron chi connectivity index (χ4n) is 2.94. The Kier molecular flexibility index (Phi) is 8.93. The molecule has 2 aromatic rings. The molecule has 0 aliphatic carbocycles. The summed E-state index contributed by atoms with van der Waals surface area (Å²) in [6.45, 7) is 14.0. The zero-order chi connectivity index (χ0) is 21.2. The predicted octanol–water partition coefficient (Wildman–Crippen LogP) is 4.28. The summed E-state index contributed by atoms with van der Waals surface area (Å²) in [5, 5.41) is 0. The molecule has 0 spiro atoms. The van der Waals surface area contributed by atoms with Gasteiger partial charge in [-0.3, -0.25) is 9.69 Å². The van der Waals surface area contributed by atoms with Crippen LogP contribution in [-0.4, -0.2) is 42.2 Å². The van der Waals surface area contributed by atoms with Crippen LogP contribution in [0.1, 0.15) is 49.6 Å². The number of ether oxygens (including phenoxy) is 2. The van der Waals surface area contributed by atoms with E-state index in [0.717, 1.165) is 28.7 Å². The second-order valence-electron chi connectivity index (χ2n) is 7.22. The fourth-order valence-corrected chi connectivity index (χ4v) is 2.94. The van der Waals surface area contributed by atoms with E-state index >= 15 is 0 Å². The van der Waals surface area contributed by atoms with Gasteiger partial charge in [0.25, 0.3) is 0 Å². The van der Waals surface area contributed by atoms with Crippen molar-refractivity contribution in [3.8, 4) is 5.75 Å². The van der Waals surface area contributed by atoms with Crippen molar-refractivity contribution in [3.63, 3.8) is 0 Å². The zero-order valence-corrected chi connectivity index (χ0v) is 17.9. The van der Waals surface area contributed by atoms with Gasteiger partial charge in [-0.2, -0.15) is 0 Å². The molecule has 0 unspecified atom stereocenters. The molecule has 0 N–H and O–H groups in total. The summed E-state index contributed by atoms with van der Waals surface area (Å²) in [5.41, 5.74) is 2.00. The Hall–Kier alpha value is -2.60. The first-order valence-electron chi connectivity index (χ1n) is 10.1. The van der Waals surface area contributed by atoms with Gasteiger partial charge in [0.2, 0.25) is 0 Å². The lowest BCUT2D eigenvalue weighted by molar-refractivity contribution is -0.144. The molecule has 0 aliphatic rings. The highest BCUT2D eigenvalue weighted by molar-refractivity contribution is 5.71. The van der Waals surface area contributed by atoms with E-state index in [0.29, 0.717) is 32.7 Å². The molecule has 0 radical (unpaired) electrons. The third-order valence-electron chi connectivity index (χ3n) is 4.36. The average Bonchev–Trinajstić information content (AvgIpc) is 3.04. The molecule has 0 saturated carbocycles. The van der Waals surface area contributed by atoms with Crippen LogP contribution in [0.25, 0.3) is 0 Å². The average molecular weight is 401 g/mol. The molecule has 1 aromatic carbocycles. The Morgan fingerprint density at radius 2 is 2.17 bits per heavy atom. The minimum Gasteiger partial charge on any atom is -0.493 e. The first kappa shape index (κ1) is 22.7. The van der Waals surface area contributed by atoms with Gasteiger partial charge in [0.05, 0.1) is 25.5 Å². The van der Waals surface area contributed by atoms with E-state index in [9.17, 15) is 4.79 Å². The van der Waals surface area contributed by atoms with Gasteiger partial charge in [0, 0.05) is 25.4 Å². The maximum Gasteiger partial charge on any atom is 0.320 e. The molecule has 1 aromatic heterocycles. The number of benzene rings is 1. The number of oxazole rings is 1. The number of hydrogen-bond acceptors (Lipinski definition) is 6. The lowest BCUT2D eigenvalue weighted by atomic mass is 10.2. The van der Waals surface area contributed by atoms with Crippen LogP contribution < -0.4 is 4.74 Å². The Labute approximate surface area is 173 Å². The van der Waals surface area contributed by atoms with Crippen LogP contribution in [0.3, 0.4) is 0 Å². The first-order chi connectivity index (χ1) is 13.9. The number of esters is 1. The number of aryl methyl sites for hydroxylation is 1. The molecule has 0 amide bonds. The smallest absolute Gasteiger partial charge is 0.320 e. The molecule has 0 saturated heterocycles. The molecule has 0 bridgehead atoms. The monoisotopic (exact) mass is 400 g/mol. The highest BCUT2D eigenvalue weighted by atomic mass is 16.5. The molecule has 6 nitrogen and oxygen atoms in total. The largest absolute Gasteiger partial charge is 0.493 e. The van der Waals surface area contributed by atoms with Gasteiger partial charge in [-0.05, 0) is 31.5 Å². The van der Waals surface area contributed by atoms with Crippen molar-refractivity contribution in [1.82, 2.24) is 9.88 Å². The Bertz CT molecular complexity index is 798. The fraction of sp³-hybridized carbons (Fsp3) is 0.478. The van der Waals surface area contributed by atoms with Crippen LogP contribution in [0.2, 0.25) is 0 Å². The molecule has 2 rings (SSSR count). The maximum atomic E-state index is 11.8. The van der Waals surface area contributed by atoms with E-state index in [2.05, 4.69) is 25.4 Å². The summed E-state index contributed by atoms with van der Waals surface area (Å²) < 4.78 is 16.7. The van der Waals surface area contributed by atoms with Gasteiger partial charge in [-0.1, -0.05) is 32.1 Å². The summed E-state index contributed by atoms with van der Waals surface area (Å²) in [6.07, 6.45) is 2.48. The topological polar surface area (TPSA) is 64.8 Å². The van der Waals surface area contributed by atoms with Gasteiger partial charge in [0.1, 0.15) is 11.5 Å². The lowest BCUT2D eigenvalue weighted by Gasteiger charge is -2.20. The Balaban J connectivity index is 1.92. The van der Waals surface area contributed by atoms with E-state index in [-0.39, 0.29) is 18.4 Å². The summed E-state index contributed by atoms with van der Waals surface area (Å²) in [4.78, 5) is 18.3.